The Labute approximate surface area is 163 Å². The average molecular weight is 416 g/mol. The molecule has 0 radical (unpaired) electrons. The van der Waals surface area contributed by atoms with Gasteiger partial charge in [0, 0.05) is 20.1 Å². The Balaban J connectivity index is 1.88. The maximum atomic E-state index is 12.4. The molecule has 1 aromatic heterocycles. The van der Waals surface area contributed by atoms with E-state index in [0.717, 1.165) is 27.8 Å². The molecule has 0 bridgehead atoms. The quantitative estimate of drug-likeness (QED) is 0.718. The third kappa shape index (κ3) is 5.78. The monoisotopic (exact) mass is 415 g/mol. The molecule has 1 aromatic carbocycles. The summed E-state index contributed by atoms with van der Waals surface area (Å²) in [6.07, 6.45) is 0. The molecule has 0 aliphatic rings. The smallest absolute Gasteiger partial charge is 0.252 e. The molecule has 26 heavy (non-hydrogen) atoms. The van der Waals surface area contributed by atoms with Crippen molar-refractivity contribution in [2.24, 2.45) is 0 Å². The molecule has 0 unspecified atom stereocenters. The molecule has 2 rings (SSSR count). The predicted molar refractivity (Wildman–Crippen MR) is 105 cm³/mol. The zero-order valence-electron chi connectivity index (χ0n) is 14.9. The van der Waals surface area contributed by atoms with Crippen LogP contribution in [-0.2, 0) is 27.9 Å². The number of nitrogens with zero attached hydrogens (tertiary/aromatic N) is 2. The second-order valence-electron chi connectivity index (χ2n) is 6.15. The minimum absolute atomic E-state index is 0.120. The number of nitrogens with one attached hydrogen (secondary N) is 1. The van der Waals surface area contributed by atoms with Crippen LogP contribution in [0.3, 0.4) is 0 Å². The molecule has 2 aromatic rings. The van der Waals surface area contributed by atoms with Gasteiger partial charge in [-0.05, 0) is 37.4 Å². The van der Waals surface area contributed by atoms with Crippen LogP contribution in [0.2, 0.25) is 4.34 Å². The lowest BCUT2D eigenvalue weighted by Gasteiger charge is -2.16. The van der Waals surface area contributed by atoms with E-state index in [1.54, 1.807) is 0 Å². The van der Waals surface area contributed by atoms with Crippen molar-refractivity contribution in [3.8, 4) is 0 Å². The molecule has 0 aliphatic carbocycles. The fraction of sp³-hybridized carbons (Fsp3) is 0.353. The number of hydrogen-bond acceptors (Lipinski definition) is 5. The minimum atomic E-state index is -3.71. The number of likely N-dealkylation sites (N-methyl/N-ethyl adjacent to an activating group) is 1. The van der Waals surface area contributed by atoms with E-state index >= 15 is 0 Å². The molecule has 142 valence electrons. The Bertz CT molecular complexity index is 848. The van der Waals surface area contributed by atoms with E-state index in [9.17, 15) is 13.2 Å². The molecule has 6 nitrogen and oxygen atoms in total. The van der Waals surface area contributed by atoms with E-state index in [4.69, 9.17) is 11.6 Å². The van der Waals surface area contributed by atoms with Crippen LogP contribution in [0, 0.1) is 0 Å². The van der Waals surface area contributed by atoms with Gasteiger partial charge < -0.3 is 10.2 Å². The molecule has 0 saturated carbocycles. The van der Waals surface area contributed by atoms with Crippen molar-refractivity contribution >= 4 is 38.9 Å². The van der Waals surface area contributed by atoms with Gasteiger partial charge in [-0.3, -0.25) is 4.79 Å². The molecule has 0 atom stereocenters. The molecule has 0 saturated heterocycles. The molecular formula is C17H22ClN3O3S2. The van der Waals surface area contributed by atoms with E-state index < -0.39 is 10.0 Å². The van der Waals surface area contributed by atoms with Crippen molar-refractivity contribution in [3.63, 3.8) is 0 Å². The fourth-order valence-electron chi connectivity index (χ4n) is 2.26. The lowest BCUT2D eigenvalue weighted by molar-refractivity contribution is -0.121. The number of amides is 1. The van der Waals surface area contributed by atoms with Crippen molar-refractivity contribution < 1.29 is 13.2 Å². The number of carbonyl (C=O) groups excluding carboxylic acids is 1. The first-order valence-corrected chi connectivity index (χ1v) is 10.5. The van der Waals surface area contributed by atoms with E-state index in [2.05, 4.69) is 10.2 Å². The fourth-order valence-corrected chi connectivity index (χ4v) is 5.08. The summed E-state index contributed by atoms with van der Waals surface area (Å²) < 4.78 is 26.3. The van der Waals surface area contributed by atoms with E-state index in [-0.39, 0.29) is 16.7 Å². The number of rotatable bonds is 8. The average Bonchev–Trinajstić information content (AvgIpc) is 3.01. The summed E-state index contributed by atoms with van der Waals surface area (Å²) in [5.74, 6) is -0.365. The normalized spacial score (nSPS) is 11.9. The molecule has 9 heteroatoms. The molecule has 1 N–H and O–H groups in total. The highest BCUT2D eigenvalue weighted by atomic mass is 35.5. The Morgan fingerprint density at radius 3 is 2.23 bits per heavy atom. The van der Waals surface area contributed by atoms with Crippen LogP contribution < -0.4 is 5.32 Å². The summed E-state index contributed by atoms with van der Waals surface area (Å²) in [5, 5.41) is 2.74. The Hall–Kier alpha value is -1.45. The summed E-state index contributed by atoms with van der Waals surface area (Å²) in [6, 6.07) is 10.9. The number of sulfonamides is 1. The molecule has 0 spiro atoms. The molecule has 0 fully saturated rings. The molecular weight excluding hydrogens is 394 g/mol. The Kier molecular flexibility index (Phi) is 7.19. The van der Waals surface area contributed by atoms with Crippen LogP contribution in [-0.4, -0.2) is 51.2 Å². The summed E-state index contributed by atoms with van der Waals surface area (Å²) >= 11 is 6.75. The summed E-state index contributed by atoms with van der Waals surface area (Å²) in [7, 11) is 1.67. The standard InChI is InChI=1S/C17H22ClN3O3S2/c1-20(2)11-14-6-4-13(5-7-14)10-19-16(22)12-21(3)26(23,24)17-9-8-15(18)25-17/h4-9H,10-12H2,1-3H3,(H,19,22). The van der Waals surface area contributed by atoms with Gasteiger partial charge in [-0.1, -0.05) is 35.9 Å². The van der Waals surface area contributed by atoms with Crippen LogP contribution in [0.4, 0.5) is 0 Å². The van der Waals surface area contributed by atoms with Crippen molar-refractivity contribution in [3.05, 3.63) is 51.9 Å². The van der Waals surface area contributed by atoms with Gasteiger partial charge in [-0.25, -0.2) is 8.42 Å². The number of thiophene rings is 1. The highest BCUT2D eigenvalue weighted by molar-refractivity contribution is 7.91. The van der Waals surface area contributed by atoms with Gasteiger partial charge in [0.2, 0.25) is 5.91 Å². The number of benzene rings is 1. The summed E-state index contributed by atoms with van der Waals surface area (Å²) in [6.45, 7) is 0.943. The van der Waals surface area contributed by atoms with Crippen LogP contribution in [0.5, 0.6) is 0 Å². The van der Waals surface area contributed by atoms with E-state index in [1.165, 1.54) is 24.7 Å². The van der Waals surface area contributed by atoms with Gasteiger partial charge in [0.1, 0.15) is 4.21 Å². The lowest BCUT2D eigenvalue weighted by atomic mass is 10.1. The van der Waals surface area contributed by atoms with Crippen molar-refractivity contribution in [1.29, 1.82) is 0 Å². The molecule has 1 amide bonds. The van der Waals surface area contributed by atoms with Crippen LogP contribution in [0.1, 0.15) is 11.1 Å². The zero-order chi connectivity index (χ0) is 19.3. The van der Waals surface area contributed by atoms with Gasteiger partial charge in [-0.2, -0.15) is 4.31 Å². The van der Waals surface area contributed by atoms with Gasteiger partial charge >= 0.3 is 0 Å². The first-order chi connectivity index (χ1) is 12.2. The highest BCUT2D eigenvalue weighted by Gasteiger charge is 2.24. The van der Waals surface area contributed by atoms with Gasteiger partial charge in [-0.15, -0.1) is 11.3 Å². The number of halogens is 1. The van der Waals surface area contributed by atoms with E-state index in [0.29, 0.717) is 10.9 Å². The SMILES string of the molecule is CN(C)Cc1ccc(CNC(=O)CN(C)S(=O)(=O)c2ccc(Cl)s2)cc1. The van der Waals surface area contributed by atoms with Crippen molar-refractivity contribution in [2.75, 3.05) is 27.7 Å². The zero-order valence-corrected chi connectivity index (χ0v) is 17.3. The third-order valence-corrected chi connectivity index (χ3v) is 7.09. The van der Waals surface area contributed by atoms with Crippen LogP contribution in [0.15, 0.2) is 40.6 Å². The Morgan fingerprint density at radius 1 is 1.08 bits per heavy atom. The van der Waals surface area contributed by atoms with Crippen molar-refractivity contribution in [2.45, 2.75) is 17.3 Å². The number of carbonyl (C=O) groups is 1. The summed E-state index contributed by atoms with van der Waals surface area (Å²) in [5.41, 5.74) is 2.14. The van der Waals surface area contributed by atoms with Gasteiger partial charge in [0.15, 0.2) is 0 Å². The predicted octanol–water partition coefficient (Wildman–Crippen LogP) is 2.40. The first kappa shape index (κ1) is 20.9. The maximum Gasteiger partial charge on any atom is 0.252 e. The van der Waals surface area contributed by atoms with Crippen LogP contribution >= 0.6 is 22.9 Å². The molecule has 1 heterocycles. The lowest BCUT2D eigenvalue weighted by Crippen LogP contribution is -2.37. The maximum absolute atomic E-state index is 12.4. The third-order valence-electron chi connectivity index (χ3n) is 3.59. The second kappa shape index (κ2) is 8.96. The van der Waals surface area contributed by atoms with Gasteiger partial charge in [0.05, 0.1) is 10.9 Å². The van der Waals surface area contributed by atoms with E-state index in [1.807, 2.05) is 38.4 Å². The van der Waals surface area contributed by atoms with Gasteiger partial charge in [0.25, 0.3) is 10.0 Å². The Morgan fingerprint density at radius 2 is 1.69 bits per heavy atom. The minimum Gasteiger partial charge on any atom is -0.351 e. The largest absolute Gasteiger partial charge is 0.351 e. The van der Waals surface area contributed by atoms with Crippen molar-refractivity contribution in [1.82, 2.24) is 14.5 Å². The van der Waals surface area contributed by atoms with Crippen LogP contribution in [0.25, 0.3) is 0 Å². The number of hydrogen-bond donors (Lipinski definition) is 1. The second-order valence-corrected chi connectivity index (χ2v) is 10.1. The molecule has 0 aliphatic heterocycles. The summed E-state index contributed by atoms with van der Waals surface area (Å²) in [4.78, 5) is 14.2. The first-order valence-electron chi connectivity index (χ1n) is 7.89. The topological polar surface area (TPSA) is 69.7 Å². The highest BCUT2D eigenvalue weighted by Crippen LogP contribution is 2.27.